The normalized spacial score (nSPS) is 14.4. The number of nitrogens with one attached hydrogen (secondary N) is 1. The van der Waals surface area contributed by atoms with Gasteiger partial charge in [-0.05, 0) is 12.3 Å². The molecule has 0 spiro atoms. The third-order valence-electron chi connectivity index (χ3n) is 1.72. The second-order valence-corrected chi connectivity index (χ2v) is 5.14. The molecule has 0 aromatic rings. The second kappa shape index (κ2) is 6.34. The molecule has 0 aliphatic heterocycles. The molecular formula is C8H19NO3S. The van der Waals surface area contributed by atoms with Crippen molar-refractivity contribution in [3.05, 3.63) is 0 Å². The summed E-state index contributed by atoms with van der Waals surface area (Å²) in [6.45, 7) is 3.91. The Hall–Kier alpha value is -0.130. The summed E-state index contributed by atoms with van der Waals surface area (Å²) in [7, 11) is -3.18. The number of aliphatic hydroxyl groups excluding tert-OH is 1. The van der Waals surface area contributed by atoms with E-state index >= 15 is 0 Å². The molecule has 1 unspecified atom stereocenters. The van der Waals surface area contributed by atoms with Gasteiger partial charge in [0, 0.05) is 6.54 Å². The molecule has 1 atom stereocenters. The zero-order valence-electron chi connectivity index (χ0n) is 8.28. The highest BCUT2D eigenvalue weighted by Gasteiger charge is 2.13. The summed E-state index contributed by atoms with van der Waals surface area (Å²) in [5.41, 5.74) is 0. The molecule has 0 aromatic carbocycles. The van der Waals surface area contributed by atoms with E-state index in [-0.39, 0.29) is 24.8 Å². The summed E-state index contributed by atoms with van der Waals surface area (Å²) in [4.78, 5) is 0. The van der Waals surface area contributed by atoms with E-state index in [0.29, 0.717) is 0 Å². The standard InChI is InChI=1S/C8H19NO3S/c1-3-4-8(2)7-13(11,12)9-5-6-10/h8-10H,3-7H2,1-2H3. The maximum atomic E-state index is 11.3. The lowest BCUT2D eigenvalue weighted by Gasteiger charge is -2.10. The SMILES string of the molecule is CCCC(C)CS(=O)(=O)NCCO. The average molecular weight is 209 g/mol. The highest BCUT2D eigenvalue weighted by atomic mass is 32.2. The smallest absolute Gasteiger partial charge is 0.211 e. The molecule has 0 aliphatic rings. The van der Waals surface area contributed by atoms with Gasteiger partial charge in [-0.2, -0.15) is 0 Å². The molecule has 0 rings (SSSR count). The van der Waals surface area contributed by atoms with Crippen molar-refractivity contribution in [1.82, 2.24) is 4.72 Å². The minimum Gasteiger partial charge on any atom is -0.395 e. The van der Waals surface area contributed by atoms with E-state index in [9.17, 15) is 8.42 Å². The lowest BCUT2D eigenvalue weighted by atomic mass is 10.1. The molecule has 0 amide bonds. The summed E-state index contributed by atoms with van der Waals surface area (Å²) >= 11 is 0. The predicted molar refractivity (Wildman–Crippen MR) is 52.9 cm³/mol. The van der Waals surface area contributed by atoms with E-state index in [0.717, 1.165) is 12.8 Å². The summed E-state index contributed by atoms with van der Waals surface area (Å²) < 4.78 is 24.8. The highest BCUT2D eigenvalue weighted by molar-refractivity contribution is 7.89. The molecule has 0 bridgehead atoms. The second-order valence-electron chi connectivity index (χ2n) is 3.29. The van der Waals surface area contributed by atoms with E-state index in [1.807, 2.05) is 13.8 Å². The van der Waals surface area contributed by atoms with Crippen molar-refractivity contribution in [2.24, 2.45) is 5.92 Å². The van der Waals surface area contributed by atoms with Crippen molar-refractivity contribution in [3.8, 4) is 0 Å². The van der Waals surface area contributed by atoms with Crippen LogP contribution in [0.2, 0.25) is 0 Å². The molecule has 5 heteroatoms. The molecule has 0 heterocycles. The van der Waals surface area contributed by atoms with Gasteiger partial charge in [0.05, 0.1) is 12.4 Å². The molecule has 0 aliphatic carbocycles. The van der Waals surface area contributed by atoms with Crippen LogP contribution in [0.5, 0.6) is 0 Å². The first-order valence-corrected chi connectivity index (χ1v) is 6.25. The predicted octanol–water partition coefficient (Wildman–Crippen LogP) is 0.334. The lowest BCUT2D eigenvalue weighted by Crippen LogP contribution is -2.31. The fraction of sp³-hybridized carbons (Fsp3) is 1.00. The van der Waals surface area contributed by atoms with Gasteiger partial charge in [-0.25, -0.2) is 13.1 Å². The van der Waals surface area contributed by atoms with E-state index in [1.54, 1.807) is 0 Å². The lowest BCUT2D eigenvalue weighted by molar-refractivity contribution is 0.301. The Morgan fingerprint density at radius 1 is 1.46 bits per heavy atom. The number of rotatable bonds is 7. The van der Waals surface area contributed by atoms with Crippen molar-refractivity contribution in [3.63, 3.8) is 0 Å². The van der Waals surface area contributed by atoms with Gasteiger partial charge in [0.1, 0.15) is 0 Å². The van der Waals surface area contributed by atoms with Gasteiger partial charge >= 0.3 is 0 Å². The number of hydrogen-bond acceptors (Lipinski definition) is 3. The summed E-state index contributed by atoms with van der Waals surface area (Å²) in [5, 5.41) is 8.44. The molecule has 80 valence electrons. The van der Waals surface area contributed by atoms with Crippen molar-refractivity contribution < 1.29 is 13.5 Å². The van der Waals surface area contributed by atoms with Crippen LogP contribution in [-0.4, -0.2) is 32.4 Å². The van der Waals surface area contributed by atoms with Crippen LogP contribution >= 0.6 is 0 Å². The van der Waals surface area contributed by atoms with Crippen molar-refractivity contribution in [1.29, 1.82) is 0 Å². The highest BCUT2D eigenvalue weighted by Crippen LogP contribution is 2.07. The van der Waals surface area contributed by atoms with Crippen molar-refractivity contribution in [2.75, 3.05) is 18.9 Å². The third-order valence-corrected chi connectivity index (χ3v) is 3.37. The third kappa shape index (κ3) is 6.98. The van der Waals surface area contributed by atoms with Gasteiger partial charge in [0.2, 0.25) is 10.0 Å². The number of sulfonamides is 1. The van der Waals surface area contributed by atoms with Gasteiger partial charge < -0.3 is 5.11 Å². The van der Waals surface area contributed by atoms with Crippen LogP contribution in [0.1, 0.15) is 26.7 Å². The van der Waals surface area contributed by atoms with Gasteiger partial charge in [-0.15, -0.1) is 0 Å². The summed E-state index contributed by atoms with van der Waals surface area (Å²) in [6.07, 6.45) is 1.91. The molecule has 0 saturated carbocycles. The zero-order valence-corrected chi connectivity index (χ0v) is 9.10. The first kappa shape index (κ1) is 12.9. The summed E-state index contributed by atoms with van der Waals surface area (Å²) in [5.74, 6) is 0.335. The topological polar surface area (TPSA) is 66.4 Å². The van der Waals surface area contributed by atoms with Crippen molar-refractivity contribution in [2.45, 2.75) is 26.7 Å². The Morgan fingerprint density at radius 3 is 2.54 bits per heavy atom. The van der Waals surface area contributed by atoms with Crippen LogP contribution in [0, 0.1) is 5.92 Å². The van der Waals surface area contributed by atoms with Gasteiger partial charge in [-0.1, -0.05) is 20.3 Å². The van der Waals surface area contributed by atoms with Crippen LogP contribution in [0.4, 0.5) is 0 Å². The fourth-order valence-corrected chi connectivity index (χ4v) is 2.65. The first-order chi connectivity index (χ1) is 6.02. The molecule has 13 heavy (non-hydrogen) atoms. The molecular weight excluding hydrogens is 190 g/mol. The Bertz CT molecular complexity index is 213. The first-order valence-electron chi connectivity index (χ1n) is 4.60. The average Bonchev–Trinajstić information content (AvgIpc) is 2.00. The van der Waals surface area contributed by atoms with Crippen LogP contribution < -0.4 is 4.72 Å². The van der Waals surface area contributed by atoms with E-state index in [4.69, 9.17) is 5.11 Å². The quantitative estimate of drug-likeness (QED) is 0.635. The van der Waals surface area contributed by atoms with Crippen molar-refractivity contribution >= 4 is 10.0 Å². The molecule has 0 radical (unpaired) electrons. The molecule has 0 saturated heterocycles. The van der Waals surface area contributed by atoms with Crippen LogP contribution in [0.15, 0.2) is 0 Å². The van der Waals surface area contributed by atoms with Gasteiger partial charge in [0.15, 0.2) is 0 Å². The minimum atomic E-state index is -3.18. The molecule has 4 nitrogen and oxygen atoms in total. The van der Waals surface area contributed by atoms with Crippen LogP contribution in [0.25, 0.3) is 0 Å². The molecule has 0 fully saturated rings. The number of hydrogen-bond donors (Lipinski definition) is 2. The fourth-order valence-electron chi connectivity index (χ4n) is 1.21. The Labute approximate surface area is 80.4 Å². The number of aliphatic hydroxyl groups is 1. The maximum absolute atomic E-state index is 11.3. The molecule has 0 aromatic heterocycles. The van der Waals surface area contributed by atoms with Crippen LogP contribution in [0.3, 0.4) is 0 Å². The Balaban J connectivity index is 3.87. The van der Waals surface area contributed by atoms with Crippen LogP contribution in [-0.2, 0) is 10.0 Å². The minimum absolute atomic E-state index is 0.112. The van der Waals surface area contributed by atoms with E-state index in [1.165, 1.54) is 0 Å². The Morgan fingerprint density at radius 2 is 2.08 bits per heavy atom. The van der Waals surface area contributed by atoms with Gasteiger partial charge in [0.25, 0.3) is 0 Å². The largest absolute Gasteiger partial charge is 0.395 e. The van der Waals surface area contributed by atoms with Gasteiger partial charge in [-0.3, -0.25) is 0 Å². The van der Waals surface area contributed by atoms with E-state index in [2.05, 4.69) is 4.72 Å². The molecule has 2 N–H and O–H groups in total. The zero-order chi connectivity index (χ0) is 10.3. The monoisotopic (exact) mass is 209 g/mol. The Kier molecular flexibility index (Phi) is 6.28. The van der Waals surface area contributed by atoms with E-state index < -0.39 is 10.0 Å². The summed E-state index contributed by atoms with van der Waals surface area (Å²) in [6, 6.07) is 0. The maximum Gasteiger partial charge on any atom is 0.211 e.